The lowest BCUT2D eigenvalue weighted by Gasteiger charge is -2.11. The van der Waals surface area contributed by atoms with Gasteiger partial charge in [0.1, 0.15) is 12.2 Å². The van der Waals surface area contributed by atoms with Gasteiger partial charge >= 0.3 is 0 Å². The fraction of sp³-hybridized carbons (Fsp3) is 0.333. The normalized spacial score (nSPS) is 12.6. The van der Waals surface area contributed by atoms with E-state index in [2.05, 4.69) is 57.9 Å². The number of hydrogen-bond acceptors (Lipinski definition) is 4. The Morgan fingerprint density at radius 3 is 2.71 bits per heavy atom. The lowest BCUT2D eigenvalue weighted by atomic mass is 10.2. The van der Waals surface area contributed by atoms with E-state index in [1.807, 2.05) is 0 Å². The molecule has 0 aliphatic carbocycles. The molecule has 90 valence electrons. The molecular weight excluding hydrogens is 232 g/mol. The molecule has 0 aliphatic heterocycles. The molecule has 0 fully saturated rings. The molecule has 1 unspecified atom stereocenters. The molecule has 0 saturated carbocycles. The van der Waals surface area contributed by atoms with Crippen LogP contribution in [0.15, 0.2) is 35.5 Å². The zero-order valence-electron chi connectivity index (χ0n) is 9.97. The Labute approximate surface area is 105 Å². The van der Waals surface area contributed by atoms with Crippen molar-refractivity contribution in [2.45, 2.75) is 24.4 Å². The molecule has 4 nitrogen and oxygen atoms in total. The quantitative estimate of drug-likeness (QED) is 0.798. The molecule has 1 aromatic carbocycles. The topological polar surface area (TPSA) is 53.6 Å². The SMILES string of the molecule is CSc1ccc(CNC(C)c2ncn[nH]2)cc1. The number of hydrogen-bond donors (Lipinski definition) is 2. The number of thioether (sulfide) groups is 1. The second-order valence-electron chi connectivity index (χ2n) is 3.82. The Morgan fingerprint density at radius 1 is 1.35 bits per heavy atom. The van der Waals surface area contributed by atoms with Crippen molar-refractivity contribution in [2.24, 2.45) is 0 Å². The second kappa shape index (κ2) is 5.84. The van der Waals surface area contributed by atoms with E-state index in [1.165, 1.54) is 16.8 Å². The summed E-state index contributed by atoms with van der Waals surface area (Å²) in [6, 6.07) is 8.75. The maximum Gasteiger partial charge on any atom is 0.141 e. The predicted molar refractivity (Wildman–Crippen MR) is 69.9 cm³/mol. The van der Waals surface area contributed by atoms with Gasteiger partial charge < -0.3 is 5.32 Å². The van der Waals surface area contributed by atoms with E-state index in [1.54, 1.807) is 11.8 Å². The van der Waals surface area contributed by atoms with Crippen LogP contribution >= 0.6 is 11.8 Å². The van der Waals surface area contributed by atoms with Crippen LogP contribution in [0.25, 0.3) is 0 Å². The number of aromatic amines is 1. The first-order chi connectivity index (χ1) is 8.29. The van der Waals surface area contributed by atoms with Gasteiger partial charge in [-0.15, -0.1) is 11.8 Å². The molecule has 2 N–H and O–H groups in total. The summed E-state index contributed by atoms with van der Waals surface area (Å²) in [6.45, 7) is 2.90. The van der Waals surface area contributed by atoms with Gasteiger partial charge in [-0.1, -0.05) is 12.1 Å². The van der Waals surface area contributed by atoms with Crippen molar-refractivity contribution in [3.8, 4) is 0 Å². The number of aromatic nitrogens is 3. The molecule has 5 heteroatoms. The third-order valence-electron chi connectivity index (χ3n) is 2.62. The summed E-state index contributed by atoms with van der Waals surface area (Å²) < 4.78 is 0. The lowest BCUT2D eigenvalue weighted by molar-refractivity contribution is 0.548. The van der Waals surface area contributed by atoms with Crippen LogP contribution in [0.4, 0.5) is 0 Å². The zero-order chi connectivity index (χ0) is 12.1. The van der Waals surface area contributed by atoms with E-state index in [0.717, 1.165) is 12.4 Å². The van der Waals surface area contributed by atoms with E-state index in [0.29, 0.717) is 0 Å². The van der Waals surface area contributed by atoms with Crippen LogP contribution in [-0.2, 0) is 6.54 Å². The van der Waals surface area contributed by atoms with Gasteiger partial charge in [-0.3, -0.25) is 5.10 Å². The van der Waals surface area contributed by atoms with E-state index < -0.39 is 0 Å². The number of nitrogens with one attached hydrogen (secondary N) is 2. The fourth-order valence-corrected chi connectivity index (χ4v) is 1.94. The number of H-pyrrole nitrogens is 1. The molecule has 0 amide bonds. The van der Waals surface area contributed by atoms with Gasteiger partial charge in [0.25, 0.3) is 0 Å². The molecule has 2 aromatic rings. The predicted octanol–water partition coefficient (Wildman–Crippen LogP) is 2.38. The van der Waals surface area contributed by atoms with Crippen molar-refractivity contribution in [3.63, 3.8) is 0 Å². The largest absolute Gasteiger partial charge is 0.303 e. The molecule has 1 atom stereocenters. The van der Waals surface area contributed by atoms with E-state index in [-0.39, 0.29) is 6.04 Å². The summed E-state index contributed by atoms with van der Waals surface area (Å²) in [5.41, 5.74) is 1.27. The summed E-state index contributed by atoms with van der Waals surface area (Å²) in [4.78, 5) is 5.41. The van der Waals surface area contributed by atoms with Crippen molar-refractivity contribution in [1.29, 1.82) is 0 Å². The van der Waals surface area contributed by atoms with Gasteiger partial charge in [-0.05, 0) is 30.9 Å². The van der Waals surface area contributed by atoms with Gasteiger partial charge in [0.2, 0.25) is 0 Å². The van der Waals surface area contributed by atoms with Crippen LogP contribution in [0, 0.1) is 0 Å². The number of rotatable bonds is 5. The Hall–Kier alpha value is -1.33. The van der Waals surface area contributed by atoms with Gasteiger partial charge in [0.15, 0.2) is 0 Å². The summed E-state index contributed by atoms with van der Waals surface area (Å²) in [7, 11) is 0. The summed E-state index contributed by atoms with van der Waals surface area (Å²) in [6.07, 6.45) is 3.61. The minimum Gasteiger partial charge on any atom is -0.303 e. The molecule has 1 heterocycles. The third kappa shape index (κ3) is 3.31. The Bertz CT molecular complexity index is 438. The summed E-state index contributed by atoms with van der Waals surface area (Å²) in [5, 5.41) is 10.1. The van der Waals surface area contributed by atoms with Gasteiger partial charge in [-0.25, -0.2) is 4.98 Å². The van der Waals surface area contributed by atoms with Gasteiger partial charge in [0.05, 0.1) is 6.04 Å². The monoisotopic (exact) mass is 248 g/mol. The maximum absolute atomic E-state index is 4.12. The van der Waals surface area contributed by atoms with Crippen LogP contribution in [0.5, 0.6) is 0 Å². The second-order valence-corrected chi connectivity index (χ2v) is 4.70. The summed E-state index contributed by atoms with van der Waals surface area (Å²) >= 11 is 1.76. The molecule has 0 bridgehead atoms. The third-order valence-corrected chi connectivity index (χ3v) is 3.36. The molecular formula is C12H16N4S. The molecule has 2 rings (SSSR count). The Morgan fingerprint density at radius 2 is 2.12 bits per heavy atom. The molecule has 0 aliphatic rings. The van der Waals surface area contributed by atoms with Crippen LogP contribution in [0.1, 0.15) is 24.4 Å². The van der Waals surface area contributed by atoms with Crippen LogP contribution in [0.2, 0.25) is 0 Å². The highest BCUT2D eigenvalue weighted by atomic mass is 32.2. The lowest BCUT2D eigenvalue weighted by Crippen LogP contribution is -2.19. The fourth-order valence-electron chi connectivity index (χ4n) is 1.53. The zero-order valence-corrected chi connectivity index (χ0v) is 10.8. The Kier molecular flexibility index (Phi) is 4.17. The highest BCUT2D eigenvalue weighted by Gasteiger charge is 2.06. The van der Waals surface area contributed by atoms with E-state index in [4.69, 9.17) is 0 Å². The average Bonchev–Trinajstić information content (AvgIpc) is 2.90. The molecule has 17 heavy (non-hydrogen) atoms. The minimum absolute atomic E-state index is 0.178. The first kappa shape index (κ1) is 12.1. The molecule has 0 spiro atoms. The highest BCUT2D eigenvalue weighted by molar-refractivity contribution is 7.98. The van der Waals surface area contributed by atoms with Crippen molar-refractivity contribution >= 4 is 11.8 Å². The van der Waals surface area contributed by atoms with Crippen LogP contribution in [0.3, 0.4) is 0 Å². The Balaban J connectivity index is 1.89. The number of nitrogens with zero attached hydrogens (tertiary/aromatic N) is 2. The minimum atomic E-state index is 0.178. The van der Waals surface area contributed by atoms with Crippen molar-refractivity contribution in [2.75, 3.05) is 6.26 Å². The molecule has 0 saturated heterocycles. The first-order valence-corrected chi connectivity index (χ1v) is 6.73. The van der Waals surface area contributed by atoms with E-state index in [9.17, 15) is 0 Å². The number of benzene rings is 1. The molecule has 0 radical (unpaired) electrons. The van der Waals surface area contributed by atoms with Gasteiger partial charge in [0, 0.05) is 11.4 Å². The van der Waals surface area contributed by atoms with Crippen molar-refractivity contribution in [1.82, 2.24) is 20.5 Å². The smallest absolute Gasteiger partial charge is 0.141 e. The van der Waals surface area contributed by atoms with Crippen LogP contribution in [-0.4, -0.2) is 21.4 Å². The highest BCUT2D eigenvalue weighted by Crippen LogP contribution is 2.15. The summed E-state index contributed by atoms with van der Waals surface area (Å²) in [5.74, 6) is 0.866. The van der Waals surface area contributed by atoms with Crippen molar-refractivity contribution < 1.29 is 0 Å². The first-order valence-electron chi connectivity index (χ1n) is 5.51. The standard InChI is InChI=1S/C12H16N4S/c1-9(12-14-8-15-16-12)13-7-10-3-5-11(17-2)6-4-10/h3-6,8-9,13H,7H2,1-2H3,(H,14,15,16). The van der Waals surface area contributed by atoms with Crippen LogP contribution < -0.4 is 5.32 Å². The van der Waals surface area contributed by atoms with Crippen molar-refractivity contribution in [3.05, 3.63) is 42.0 Å². The molecule has 1 aromatic heterocycles. The van der Waals surface area contributed by atoms with Gasteiger partial charge in [-0.2, -0.15) is 5.10 Å². The van der Waals surface area contributed by atoms with E-state index >= 15 is 0 Å². The average molecular weight is 248 g/mol. The maximum atomic E-state index is 4.12.